The molecule has 2 fully saturated rings. The number of fused-ring (bicyclic) bond motifs is 2. The van der Waals surface area contributed by atoms with Crippen LogP contribution in [0.15, 0.2) is 47.1 Å². The summed E-state index contributed by atoms with van der Waals surface area (Å²) in [7, 11) is 0. The third-order valence-electron chi connectivity index (χ3n) is 6.70. The van der Waals surface area contributed by atoms with Crippen LogP contribution >= 0.6 is 15.9 Å². The Bertz CT molecular complexity index is 1290. The number of nitrogens with two attached hydrogens (primary N) is 1. The van der Waals surface area contributed by atoms with Crippen molar-refractivity contribution in [3.05, 3.63) is 58.5 Å². The number of ketones is 1. The van der Waals surface area contributed by atoms with E-state index in [4.69, 9.17) is 5.73 Å². The molecule has 1 saturated heterocycles. The molecule has 5 rings (SSSR count). The van der Waals surface area contributed by atoms with Crippen LogP contribution in [0.3, 0.4) is 0 Å². The van der Waals surface area contributed by atoms with Gasteiger partial charge in [-0.05, 0) is 47.0 Å². The molecule has 1 saturated carbocycles. The van der Waals surface area contributed by atoms with Crippen molar-refractivity contribution in [3.63, 3.8) is 0 Å². The normalized spacial score (nSPS) is 23.5. The van der Waals surface area contributed by atoms with E-state index in [0.29, 0.717) is 34.0 Å². The molecule has 1 aliphatic carbocycles. The van der Waals surface area contributed by atoms with Crippen LogP contribution in [0.25, 0.3) is 10.9 Å². The van der Waals surface area contributed by atoms with Crippen molar-refractivity contribution in [2.24, 2.45) is 11.1 Å². The molecule has 9 nitrogen and oxygen atoms in total. The molecule has 33 heavy (non-hydrogen) atoms. The lowest BCUT2D eigenvalue weighted by Crippen LogP contribution is -2.45. The zero-order valence-corrected chi connectivity index (χ0v) is 19.2. The van der Waals surface area contributed by atoms with Crippen molar-refractivity contribution >= 4 is 44.4 Å². The Morgan fingerprint density at radius 3 is 2.67 bits per heavy atom. The average molecular weight is 512 g/mol. The highest BCUT2D eigenvalue weighted by Crippen LogP contribution is 2.59. The van der Waals surface area contributed by atoms with E-state index in [1.165, 1.54) is 4.68 Å². The number of pyridine rings is 1. The van der Waals surface area contributed by atoms with E-state index in [-0.39, 0.29) is 43.0 Å². The molecule has 3 N–H and O–H groups in total. The van der Waals surface area contributed by atoms with Gasteiger partial charge in [-0.3, -0.25) is 19.1 Å². The number of hydrogen-bond acceptors (Lipinski definition) is 6. The molecule has 3 atom stereocenters. The fourth-order valence-electron chi connectivity index (χ4n) is 4.98. The summed E-state index contributed by atoms with van der Waals surface area (Å²) in [5, 5.41) is 14.8. The summed E-state index contributed by atoms with van der Waals surface area (Å²) in [5.41, 5.74) is 6.37. The summed E-state index contributed by atoms with van der Waals surface area (Å²) in [6.45, 7) is -0.207. The Labute approximate surface area is 197 Å². The number of Topliss-reactive ketones (excluding diaryl/α,β-unsaturated/α-hetero) is 1. The van der Waals surface area contributed by atoms with E-state index < -0.39 is 17.4 Å². The number of primary amides is 1. The molecule has 10 heteroatoms. The Kier molecular flexibility index (Phi) is 5.29. The third-order valence-corrected chi connectivity index (χ3v) is 7.14. The van der Waals surface area contributed by atoms with E-state index in [9.17, 15) is 19.5 Å². The molecule has 2 aromatic heterocycles. The topological polar surface area (TPSA) is 131 Å². The quantitative estimate of drug-likeness (QED) is 0.461. The van der Waals surface area contributed by atoms with Crippen LogP contribution in [0.4, 0.5) is 0 Å². The summed E-state index contributed by atoms with van der Waals surface area (Å²) >= 11 is 3.31. The number of aromatic nitrogens is 3. The highest BCUT2D eigenvalue weighted by molar-refractivity contribution is 9.10. The second-order valence-corrected chi connectivity index (χ2v) is 9.56. The van der Waals surface area contributed by atoms with Gasteiger partial charge in [0.1, 0.15) is 11.1 Å². The van der Waals surface area contributed by atoms with Crippen LogP contribution in [0.1, 0.15) is 29.0 Å². The van der Waals surface area contributed by atoms with Crippen LogP contribution in [-0.2, 0) is 22.6 Å². The smallest absolute Gasteiger partial charge is 0.269 e. The van der Waals surface area contributed by atoms with Crippen molar-refractivity contribution in [2.45, 2.75) is 37.9 Å². The molecule has 0 unspecified atom stereocenters. The molecule has 0 bridgehead atoms. The number of carbonyl (C=O) groups excluding carboxylic acids is 3. The molecule has 3 aromatic rings. The lowest BCUT2D eigenvalue weighted by atomic mass is 9.96. The summed E-state index contributed by atoms with van der Waals surface area (Å²) in [5.74, 6) is -1.07. The number of piperidine rings is 1. The molecular formula is C23H22BrN5O4. The van der Waals surface area contributed by atoms with Gasteiger partial charge in [-0.15, -0.1) is 0 Å². The Morgan fingerprint density at radius 2 is 1.94 bits per heavy atom. The van der Waals surface area contributed by atoms with E-state index in [1.54, 1.807) is 41.3 Å². The minimum Gasteiger partial charge on any atom is -0.396 e. The first-order valence-electron chi connectivity index (χ1n) is 10.6. The molecule has 2 amide bonds. The predicted octanol–water partition coefficient (Wildman–Crippen LogP) is 1.46. The monoisotopic (exact) mass is 511 g/mol. The van der Waals surface area contributed by atoms with Crippen LogP contribution in [0.5, 0.6) is 0 Å². The number of likely N-dealkylation sites (tertiary alicyclic amines) is 1. The lowest BCUT2D eigenvalue weighted by molar-refractivity contribution is -0.139. The fourth-order valence-corrected chi connectivity index (χ4v) is 5.36. The predicted molar refractivity (Wildman–Crippen MR) is 122 cm³/mol. The standard InChI is InChI=1S/C23H22BrN5O4/c24-19-7-3-4-13(26-19)8-17(31)16-9-23(12-30)10-18(23)29(16)20(32)11-28-15-6-2-1-5-14(15)21(27-28)22(25)33/h1-7,16,18,30H,8-12H2,(H2,25,33)/t16-,18+,23-/m0/s1. The fraction of sp³-hybridized carbons (Fsp3) is 0.348. The van der Waals surface area contributed by atoms with E-state index in [1.807, 2.05) is 6.07 Å². The van der Waals surface area contributed by atoms with Gasteiger partial charge in [-0.25, -0.2) is 4.98 Å². The van der Waals surface area contributed by atoms with Crippen molar-refractivity contribution in [2.75, 3.05) is 6.61 Å². The zero-order chi connectivity index (χ0) is 23.3. The Hall–Kier alpha value is -3.11. The number of carbonyl (C=O) groups is 3. The lowest BCUT2D eigenvalue weighted by Gasteiger charge is -2.26. The van der Waals surface area contributed by atoms with Crippen molar-refractivity contribution in [1.29, 1.82) is 0 Å². The van der Waals surface area contributed by atoms with Gasteiger partial charge >= 0.3 is 0 Å². The van der Waals surface area contributed by atoms with Gasteiger partial charge in [0.15, 0.2) is 11.5 Å². The first kappa shape index (κ1) is 21.7. The molecule has 0 radical (unpaired) electrons. The first-order valence-corrected chi connectivity index (χ1v) is 11.4. The van der Waals surface area contributed by atoms with Crippen LogP contribution in [-0.4, -0.2) is 61.1 Å². The highest BCUT2D eigenvalue weighted by Gasteiger charge is 2.66. The SMILES string of the molecule is NC(=O)c1nn(CC(=O)N2[C@H](C(=O)Cc3cccc(Br)n3)C[C@@]3(CO)C[C@@H]23)c2ccccc12. The minimum absolute atomic E-state index is 0.0725. The summed E-state index contributed by atoms with van der Waals surface area (Å²) in [6, 6.07) is 11.6. The Balaban J connectivity index is 1.42. The second-order valence-electron chi connectivity index (χ2n) is 8.74. The average Bonchev–Trinajstić information content (AvgIpc) is 3.22. The summed E-state index contributed by atoms with van der Waals surface area (Å²) in [6.07, 6.45) is 1.19. The number of halogens is 1. The number of para-hydroxylation sites is 1. The zero-order valence-electron chi connectivity index (χ0n) is 17.6. The molecule has 2 aliphatic rings. The second kappa shape index (κ2) is 8.03. The Morgan fingerprint density at radius 1 is 1.15 bits per heavy atom. The number of hydrogen-bond donors (Lipinski definition) is 2. The van der Waals surface area contributed by atoms with Gasteiger partial charge in [0.2, 0.25) is 5.91 Å². The number of amides is 2. The van der Waals surface area contributed by atoms with Gasteiger partial charge in [-0.1, -0.05) is 24.3 Å². The van der Waals surface area contributed by atoms with Crippen LogP contribution < -0.4 is 5.73 Å². The number of aliphatic hydroxyl groups excluding tert-OH is 1. The maximum Gasteiger partial charge on any atom is 0.269 e. The third kappa shape index (κ3) is 3.72. The molecule has 1 aliphatic heterocycles. The maximum absolute atomic E-state index is 13.4. The molecule has 170 valence electrons. The summed E-state index contributed by atoms with van der Waals surface area (Å²) in [4.78, 5) is 44.4. The van der Waals surface area contributed by atoms with E-state index in [2.05, 4.69) is 26.0 Å². The summed E-state index contributed by atoms with van der Waals surface area (Å²) < 4.78 is 2.09. The number of benzene rings is 1. The molecule has 0 spiro atoms. The molecule has 3 heterocycles. The maximum atomic E-state index is 13.4. The van der Waals surface area contributed by atoms with Crippen molar-refractivity contribution in [1.82, 2.24) is 19.7 Å². The largest absolute Gasteiger partial charge is 0.396 e. The van der Waals surface area contributed by atoms with Gasteiger partial charge in [0.25, 0.3) is 5.91 Å². The van der Waals surface area contributed by atoms with Crippen molar-refractivity contribution < 1.29 is 19.5 Å². The van der Waals surface area contributed by atoms with Gasteiger partial charge in [0, 0.05) is 22.5 Å². The van der Waals surface area contributed by atoms with Gasteiger partial charge in [-0.2, -0.15) is 5.10 Å². The highest BCUT2D eigenvalue weighted by atomic mass is 79.9. The number of rotatable bonds is 7. The van der Waals surface area contributed by atoms with E-state index in [0.717, 1.165) is 0 Å². The first-order chi connectivity index (χ1) is 15.8. The van der Waals surface area contributed by atoms with Crippen LogP contribution in [0, 0.1) is 5.41 Å². The molecular weight excluding hydrogens is 490 g/mol. The molecule has 1 aromatic carbocycles. The van der Waals surface area contributed by atoms with Gasteiger partial charge in [0.05, 0.1) is 24.6 Å². The van der Waals surface area contributed by atoms with E-state index >= 15 is 0 Å². The van der Waals surface area contributed by atoms with Gasteiger partial charge < -0.3 is 15.7 Å². The number of nitrogens with zero attached hydrogens (tertiary/aromatic N) is 4. The number of aliphatic hydroxyl groups is 1. The minimum atomic E-state index is -0.672. The van der Waals surface area contributed by atoms with Crippen molar-refractivity contribution in [3.8, 4) is 0 Å². The van der Waals surface area contributed by atoms with Crippen LogP contribution in [0.2, 0.25) is 0 Å².